The van der Waals surface area contributed by atoms with Gasteiger partial charge in [-0.15, -0.1) is 0 Å². The Bertz CT molecular complexity index is 842. The summed E-state index contributed by atoms with van der Waals surface area (Å²) in [6.45, 7) is 5.81. The zero-order valence-corrected chi connectivity index (χ0v) is 15.9. The third-order valence-corrected chi connectivity index (χ3v) is 4.10. The smallest absolute Gasteiger partial charge is 0.240 e. The van der Waals surface area contributed by atoms with Crippen molar-refractivity contribution in [3.05, 3.63) is 59.2 Å². The van der Waals surface area contributed by atoms with Gasteiger partial charge in [-0.25, -0.2) is 5.43 Å². The summed E-state index contributed by atoms with van der Waals surface area (Å²) in [5.41, 5.74) is 6.81. The van der Waals surface area contributed by atoms with Crippen molar-refractivity contribution in [2.75, 3.05) is 5.32 Å². The van der Waals surface area contributed by atoms with E-state index in [4.69, 9.17) is 0 Å². The van der Waals surface area contributed by atoms with Crippen LogP contribution in [0.2, 0.25) is 0 Å². The molecule has 0 heterocycles. The van der Waals surface area contributed by atoms with Gasteiger partial charge in [0.05, 0.1) is 5.71 Å². The Morgan fingerprint density at radius 2 is 1.67 bits per heavy atom. The zero-order valence-electron chi connectivity index (χ0n) is 15.9. The third-order valence-electron chi connectivity index (χ3n) is 4.10. The van der Waals surface area contributed by atoms with E-state index in [1.54, 1.807) is 24.3 Å². The first-order valence-electron chi connectivity index (χ1n) is 8.91. The maximum absolute atomic E-state index is 12.1. The molecule has 6 nitrogen and oxygen atoms in total. The molecule has 0 unspecified atom stereocenters. The molecule has 3 N–H and O–H groups in total. The van der Waals surface area contributed by atoms with Crippen LogP contribution in [0.15, 0.2) is 47.6 Å². The van der Waals surface area contributed by atoms with Crippen LogP contribution in [0.5, 0.6) is 5.75 Å². The van der Waals surface area contributed by atoms with Gasteiger partial charge in [0.15, 0.2) is 0 Å². The molecule has 0 aromatic heterocycles. The van der Waals surface area contributed by atoms with Crippen LogP contribution in [-0.2, 0) is 9.59 Å². The number of phenolic OH excluding ortho intramolecular Hbond substituents is 1. The molecule has 6 heteroatoms. The zero-order chi connectivity index (χ0) is 19.8. The van der Waals surface area contributed by atoms with E-state index in [-0.39, 0.29) is 30.4 Å². The second-order valence-electron chi connectivity index (χ2n) is 6.36. The van der Waals surface area contributed by atoms with Gasteiger partial charge in [-0.2, -0.15) is 5.10 Å². The third kappa shape index (κ3) is 6.26. The Morgan fingerprint density at radius 3 is 2.33 bits per heavy atom. The summed E-state index contributed by atoms with van der Waals surface area (Å²) in [5, 5.41) is 16.3. The number of rotatable bonds is 7. The minimum absolute atomic E-state index is 0.0484. The van der Waals surface area contributed by atoms with E-state index in [1.165, 1.54) is 0 Å². The Kier molecular flexibility index (Phi) is 7.11. The van der Waals surface area contributed by atoms with Gasteiger partial charge in [0, 0.05) is 18.5 Å². The summed E-state index contributed by atoms with van der Waals surface area (Å²) >= 11 is 0. The largest absolute Gasteiger partial charge is 0.508 e. The highest BCUT2D eigenvalue weighted by molar-refractivity contribution is 6.01. The number of aromatic hydroxyl groups is 1. The van der Waals surface area contributed by atoms with Crippen LogP contribution < -0.4 is 10.7 Å². The lowest BCUT2D eigenvalue weighted by Crippen LogP contribution is -2.22. The number of nitrogens with one attached hydrogen (secondary N) is 2. The molecule has 2 rings (SSSR count). The van der Waals surface area contributed by atoms with Crippen molar-refractivity contribution in [2.24, 2.45) is 5.10 Å². The standard InChI is InChI=1S/C21H25N3O3/c1-4-18(16-7-9-17(25)10-8-16)23-24-21(27)12-11-20(26)22-19-13-14(2)5-6-15(19)3/h5-10,13,25H,4,11-12H2,1-3H3,(H,22,26)(H,24,27)/b23-18+. The summed E-state index contributed by atoms with van der Waals surface area (Å²) in [4.78, 5) is 24.1. The van der Waals surface area contributed by atoms with E-state index in [0.717, 1.165) is 22.4 Å². The number of carbonyl (C=O) groups is 2. The normalized spacial score (nSPS) is 11.1. The van der Waals surface area contributed by atoms with Gasteiger partial charge in [-0.05, 0) is 67.3 Å². The Morgan fingerprint density at radius 1 is 1.00 bits per heavy atom. The molecule has 0 aliphatic heterocycles. The number of hydrogen-bond donors (Lipinski definition) is 3. The maximum Gasteiger partial charge on any atom is 0.240 e. The Balaban J connectivity index is 1.86. The average molecular weight is 367 g/mol. The molecule has 0 radical (unpaired) electrons. The summed E-state index contributed by atoms with van der Waals surface area (Å²) in [6, 6.07) is 12.4. The van der Waals surface area contributed by atoms with Crippen molar-refractivity contribution in [2.45, 2.75) is 40.0 Å². The number of aryl methyl sites for hydroxylation is 2. The second-order valence-corrected chi connectivity index (χ2v) is 6.36. The van der Waals surface area contributed by atoms with Crippen LogP contribution in [0.3, 0.4) is 0 Å². The van der Waals surface area contributed by atoms with E-state index >= 15 is 0 Å². The predicted octanol–water partition coefficient (Wildman–Crippen LogP) is 3.66. The van der Waals surface area contributed by atoms with Crippen molar-refractivity contribution < 1.29 is 14.7 Å². The van der Waals surface area contributed by atoms with Crippen LogP contribution in [0, 0.1) is 13.8 Å². The van der Waals surface area contributed by atoms with Crippen LogP contribution >= 0.6 is 0 Å². The van der Waals surface area contributed by atoms with E-state index in [9.17, 15) is 14.7 Å². The molecule has 0 saturated carbocycles. The molecule has 0 saturated heterocycles. The van der Waals surface area contributed by atoms with Crippen LogP contribution in [-0.4, -0.2) is 22.6 Å². The number of carbonyl (C=O) groups excluding carboxylic acids is 2. The van der Waals surface area contributed by atoms with Crippen molar-refractivity contribution in [1.82, 2.24) is 5.43 Å². The quantitative estimate of drug-likeness (QED) is 0.515. The van der Waals surface area contributed by atoms with Gasteiger partial charge in [-0.3, -0.25) is 9.59 Å². The van der Waals surface area contributed by atoms with Crippen LogP contribution in [0.1, 0.15) is 42.9 Å². The first kappa shape index (κ1) is 20.2. The molecule has 0 bridgehead atoms. The Hall–Kier alpha value is -3.15. The fraction of sp³-hybridized carbons (Fsp3) is 0.286. The summed E-state index contributed by atoms with van der Waals surface area (Å²) in [5.74, 6) is -0.360. The number of benzene rings is 2. The number of amides is 2. The lowest BCUT2D eigenvalue weighted by Gasteiger charge is -2.09. The van der Waals surface area contributed by atoms with Crippen LogP contribution in [0.25, 0.3) is 0 Å². The molecule has 0 aliphatic carbocycles. The fourth-order valence-corrected chi connectivity index (χ4v) is 2.50. The number of hydrazone groups is 1. The van der Waals surface area contributed by atoms with Crippen molar-refractivity contribution in [3.8, 4) is 5.75 Å². The van der Waals surface area contributed by atoms with E-state index in [2.05, 4.69) is 15.8 Å². The molecule has 142 valence electrons. The molecule has 2 aromatic carbocycles. The number of nitrogens with zero attached hydrogens (tertiary/aromatic N) is 1. The second kappa shape index (κ2) is 9.52. The van der Waals surface area contributed by atoms with Gasteiger partial charge in [0.25, 0.3) is 0 Å². The van der Waals surface area contributed by atoms with Crippen LogP contribution in [0.4, 0.5) is 5.69 Å². The molecule has 0 fully saturated rings. The first-order chi connectivity index (χ1) is 12.9. The SMILES string of the molecule is CC/C(=N\NC(=O)CCC(=O)Nc1cc(C)ccc1C)c1ccc(O)cc1. The lowest BCUT2D eigenvalue weighted by molar-refractivity contribution is -0.124. The summed E-state index contributed by atoms with van der Waals surface area (Å²) in [7, 11) is 0. The highest BCUT2D eigenvalue weighted by Gasteiger charge is 2.09. The van der Waals surface area contributed by atoms with Gasteiger partial charge in [0.2, 0.25) is 11.8 Å². The number of anilines is 1. The summed E-state index contributed by atoms with van der Waals surface area (Å²) < 4.78 is 0. The molecule has 27 heavy (non-hydrogen) atoms. The van der Waals surface area contributed by atoms with Gasteiger partial charge in [-0.1, -0.05) is 19.1 Å². The predicted molar refractivity (Wildman–Crippen MR) is 107 cm³/mol. The van der Waals surface area contributed by atoms with Crippen molar-refractivity contribution in [1.29, 1.82) is 0 Å². The number of phenols is 1. The minimum Gasteiger partial charge on any atom is -0.508 e. The lowest BCUT2D eigenvalue weighted by atomic mass is 10.1. The molecular formula is C21H25N3O3. The monoisotopic (exact) mass is 367 g/mol. The highest BCUT2D eigenvalue weighted by atomic mass is 16.3. The van der Waals surface area contributed by atoms with Crippen molar-refractivity contribution >= 4 is 23.2 Å². The molecule has 0 atom stereocenters. The molecule has 0 aliphatic rings. The fourth-order valence-electron chi connectivity index (χ4n) is 2.50. The number of hydrogen-bond acceptors (Lipinski definition) is 4. The van der Waals surface area contributed by atoms with Crippen molar-refractivity contribution in [3.63, 3.8) is 0 Å². The molecule has 2 aromatic rings. The summed E-state index contributed by atoms with van der Waals surface area (Å²) in [6.07, 6.45) is 0.750. The molecular weight excluding hydrogens is 342 g/mol. The van der Waals surface area contributed by atoms with Gasteiger partial charge < -0.3 is 10.4 Å². The topological polar surface area (TPSA) is 90.8 Å². The average Bonchev–Trinajstić information content (AvgIpc) is 2.65. The van der Waals surface area contributed by atoms with Gasteiger partial charge in [0.1, 0.15) is 5.75 Å². The Labute approximate surface area is 159 Å². The van der Waals surface area contributed by atoms with E-state index < -0.39 is 0 Å². The highest BCUT2D eigenvalue weighted by Crippen LogP contribution is 2.16. The van der Waals surface area contributed by atoms with Gasteiger partial charge >= 0.3 is 0 Å². The first-order valence-corrected chi connectivity index (χ1v) is 8.91. The molecule has 0 spiro atoms. The maximum atomic E-state index is 12.1. The van der Waals surface area contributed by atoms with E-state index in [1.807, 2.05) is 39.0 Å². The van der Waals surface area contributed by atoms with E-state index in [0.29, 0.717) is 12.1 Å². The molecule has 2 amide bonds. The minimum atomic E-state index is -0.323.